The summed E-state index contributed by atoms with van der Waals surface area (Å²) in [7, 11) is 1.86. The van der Waals surface area contributed by atoms with Gasteiger partial charge in [0.05, 0.1) is 11.9 Å². The number of rotatable bonds is 7. The molecule has 0 aliphatic carbocycles. The Morgan fingerprint density at radius 1 is 1.36 bits per heavy atom. The molecular formula is C18H32N6O. The number of carbonyl (C=O) groups is 1. The number of amides is 1. The van der Waals surface area contributed by atoms with Gasteiger partial charge in [-0.25, -0.2) is 0 Å². The quantitative estimate of drug-likeness (QED) is 0.464. The van der Waals surface area contributed by atoms with Gasteiger partial charge in [-0.15, -0.1) is 0 Å². The van der Waals surface area contributed by atoms with Gasteiger partial charge in [0.25, 0.3) is 0 Å². The number of hydrogen-bond donors (Lipinski definition) is 1. The third kappa shape index (κ3) is 5.76. The van der Waals surface area contributed by atoms with Crippen LogP contribution in [0.4, 0.5) is 5.69 Å². The first-order chi connectivity index (χ1) is 12.0. The number of unbranched alkanes of at least 4 members (excludes halogenated alkanes) is 1. The minimum Gasteiger partial charge on any atom is -0.357 e. The molecule has 2 rings (SSSR count). The second-order valence-corrected chi connectivity index (χ2v) is 6.96. The fraction of sp³-hybridized carbons (Fsp3) is 0.722. The average Bonchev–Trinajstić information content (AvgIpc) is 2.99. The molecule has 1 aromatic heterocycles. The number of nitrogens with one attached hydrogen (secondary N) is 1. The molecule has 1 amide bonds. The van der Waals surface area contributed by atoms with Crippen molar-refractivity contribution in [1.29, 1.82) is 0 Å². The second kappa shape index (κ2) is 9.44. The van der Waals surface area contributed by atoms with E-state index in [1.54, 1.807) is 15.8 Å². The van der Waals surface area contributed by atoms with Gasteiger partial charge in [-0.2, -0.15) is 5.10 Å². The number of aromatic nitrogens is 2. The maximum absolute atomic E-state index is 12.5. The molecule has 0 aromatic carbocycles. The van der Waals surface area contributed by atoms with Gasteiger partial charge in [-0.1, -0.05) is 26.7 Å². The van der Waals surface area contributed by atoms with E-state index in [-0.39, 0.29) is 5.91 Å². The van der Waals surface area contributed by atoms with Crippen molar-refractivity contribution in [3.8, 4) is 0 Å². The molecule has 1 saturated heterocycles. The highest BCUT2D eigenvalue weighted by Gasteiger charge is 2.27. The van der Waals surface area contributed by atoms with E-state index in [0.717, 1.165) is 43.6 Å². The Labute approximate surface area is 151 Å². The number of carbonyl (C=O) groups excluding carboxylic acids is 1. The molecule has 7 nitrogen and oxygen atoms in total. The molecule has 0 bridgehead atoms. The van der Waals surface area contributed by atoms with E-state index in [1.807, 2.05) is 13.2 Å². The Morgan fingerprint density at radius 3 is 2.76 bits per heavy atom. The van der Waals surface area contributed by atoms with Crippen molar-refractivity contribution in [3.63, 3.8) is 0 Å². The van der Waals surface area contributed by atoms with Crippen molar-refractivity contribution >= 4 is 17.6 Å². The van der Waals surface area contributed by atoms with Crippen molar-refractivity contribution < 1.29 is 4.79 Å². The second-order valence-electron chi connectivity index (χ2n) is 6.96. The van der Waals surface area contributed by atoms with Crippen LogP contribution in [0.5, 0.6) is 0 Å². The van der Waals surface area contributed by atoms with Crippen LogP contribution in [0.3, 0.4) is 0 Å². The molecule has 1 aromatic rings. The van der Waals surface area contributed by atoms with E-state index in [4.69, 9.17) is 4.99 Å². The number of aliphatic imine (C=N–C) groups is 1. The van der Waals surface area contributed by atoms with E-state index < -0.39 is 0 Å². The van der Waals surface area contributed by atoms with Crippen molar-refractivity contribution in [2.45, 2.75) is 40.0 Å². The molecule has 25 heavy (non-hydrogen) atoms. The topological polar surface area (TPSA) is 65.8 Å². The Balaban J connectivity index is 1.90. The summed E-state index contributed by atoms with van der Waals surface area (Å²) in [4.78, 5) is 21.1. The van der Waals surface area contributed by atoms with Crippen molar-refractivity contribution in [1.82, 2.24) is 20.0 Å². The summed E-state index contributed by atoms with van der Waals surface area (Å²) in [6, 6.07) is 0. The molecule has 0 spiro atoms. The number of nitrogens with zero attached hydrogens (tertiary/aromatic N) is 5. The summed E-state index contributed by atoms with van der Waals surface area (Å²) >= 11 is 0. The van der Waals surface area contributed by atoms with Crippen LogP contribution in [0.1, 0.15) is 40.0 Å². The molecule has 0 radical (unpaired) electrons. The van der Waals surface area contributed by atoms with Crippen LogP contribution in [-0.2, 0) is 11.8 Å². The molecule has 2 heterocycles. The first kappa shape index (κ1) is 19.3. The third-order valence-electron chi connectivity index (χ3n) is 4.31. The number of aryl methyl sites for hydroxylation is 1. The summed E-state index contributed by atoms with van der Waals surface area (Å²) < 4.78 is 1.72. The summed E-state index contributed by atoms with van der Waals surface area (Å²) in [5, 5.41) is 7.47. The molecule has 1 aliphatic rings. The summed E-state index contributed by atoms with van der Waals surface area (Å²) in [5.74, 6) is 1.69. The van der Waals surface area contributed by atoms with Gasteiger partial charge >= 0.3 is 0 Å². The van der Waals surface area contributed by atoms with E-state index in [0.29, 0.717) is 13.1 Å². The molecule has 1 aliphatic heterocycles. The monoisotopic (exact) mass is 348 g/mol. The van der Waals surface area contributed by atoms with Gasteiger partial charge in [-0.05, 0) is 19.3 Å². The van der Waals surface area contributed by atoms with Crippen molar-refractivity contribution in [3.05, 3.63) is 12.4 Å². The molecule has 0 saturated carbocycles. The fourth-order valence-corrected chi connectivity index (χ4v) is 2.95. The first-order valence-electron chi connectivity index (χ1n) is 9.33. The molecule has 7 heteroatoms. The maximum atomic E-state index is 12.5. The van der Waals surface area contributed by atoms with E-state index in [2.05, 4.69) is 36.1 Å². The van der Waals surface area contributed by atoms with Crippen LogP contribution < -0.4 is 10.2 Å². The Morgan fingerprint density at radius 2 is 2.16 bits per heavy atom. The van der Waals surface area contributed by atoms with Gasteiger partial charge < -0.3 is 15.1 Å². The highest BCUT2D eigenvalue weighted by molar-refractivity contribution is 5.98. The lowest BCUT2D eigenvalue weighted by molar-refractivity contribution is -0.120. The van der Waals surface area contributed by atoms with Gasteiger partial charge in [0.2, 0.25) is 5.91 Å². The summed E-state index contributed by atoms with van der Waals surface area (Å²) in [5.41, 5.74) is 0.864. The SMILES string of the molecule is CCNC(=NCCCCC(C)C)N1CCN(c2cnn(C)c2)C(=O)C1. The fourth-order valence-electron chi connectivity index (χ4n) is 2.95. The van der Waals surface area contributed by atoms with Gasteiger partial charge in [0, 0.05) is 39.4 Å². The Kier molecular flexibility index (Phi) is 7.28. The van der Waals surface area contributed by atoms with E-state index in [1.165, 1.54) is 12.8 Å². The predicted octanol–water partition coefficient (Wildman–Crippen LogP) is 1.86. The molecule has 1 N–H and O–H groups in total. The molecule has 140 valence electrons. The largest absolute Gasteiger partial charge is 0.357 e. The Hall–Kier alpha value is -2.05. The minimum absolute atomic E-state index is 0.0876. The highest BCUT2D eigenvalue weighted by Crippen LogP contribution is 2.16. The zero-order valence-electron chi connectivity index (χ0n) is 16.0. The minimum atomic E-state index is 0.0876. The zero-order valence-corrected chi connectivity index (χ0v) is 16.0. The van der Waals surface area contributed by atoms with Gasteiger partial charge in [0.15, 0.2) is 5.96 Å². The van der Waals surface area contributed by atoms with Gasteiger partial charge in [0.1, 0.15) is 6.54 Å². The standard InChI is InChI=1S/C18H32N6O/c1-5-19-18(20-9-7-6-8-15(2)3)23-10-11-24(17(25)14-23)16-12-21-22(4)13-16/h12-13,15H,5-11,14H2,1-4H3,(H,19,20). The molecule has 0 unspecified atom stereocenters. The lowest BCUT2D eigenvalue weighted by Crippen LogP contribution is -2.55. The van der Waals surface area contributed by atoms with Crippen LogP contribution in [0, 0.1) is 5.92 Å². The number of anilines is 1. The molecule has 1 fully saturated rings. The lowest BCUT2D eigenvalue weighted by Gasteiger charge is -2.35. The van der Waals surface area contributed by atoms with Crippen LogP contribution in [0.2, 0.25) is 0 Å². The first-order valence-corrected chi connectivity index (χ1v) is 9.33. The summed E-state index contributed by atoms with van der Waals surface area (Å²) in [6.07, 6.45) is 7.16. The van der Waals surface area contributed by atoms with Crippen molar-refractivity contribution in [2.75, 3.05) is 37.6 Å². The number of guanidine groups is 1. The predicted molar refractivity (Wildman–Crippen MR) is 102 cm³/mol. The smallest absolute Gasteiger partial charge is 0.246 e. The normalized spacial score (nSPS) is 16.0. The molecular weight excluding hydrogens is 316 g/mol. The Bertz CT molecular complexity index is 580. The number of hydrogen-bond acceptors (Lipinski definition) is 3. The van der Waals surface area contributed by atoms with E-state index >= 15 is 0 Å². The van der Waals surface area contributed by atoms with Crippen molar-refractivity contribution in [2.24, 2.45) is 18.0 Å². The maximum Gasteiger partial charge on any atom is 0.246 e. The van der Waals surface area contributed by atoms with Crippen LogP contribution in [0.15, 0.2) is 17.4 Å². The number of piperazine rings is 1. The van der Waals surface area contributed by atoms with Crippen LogP contribution >= 0.6 is 0 Å². The lowest BCUT2D eigenvalue weighted by atomic mass is 10.1. The van der Waals surface area contributed by atoms with Gasteiger partial charge in [-0.3, -0.25) is 14.5 Å². The van der Waals surface area contributed by atoms with E-state index in [9.17, 15) is 4.79 Å². The highest BCUT2D eigenvalue weighted by atomic mass is 16.2. The van der Waals surface area contributed by atoms with Crippen LogP contribution in [-0.4, -0.2) is 59.3 Å². The summed E-state index contributed by atoms with van der Waals surface area (Å²) in [6.45, 7) is 9.96. The zero-order chi connectivity index (χ0) is 18.2. The molecule has 0 atom stereocenters. The third-order valence-corrected chi connectivity index (χ3v) is 4.31. The van der Waals surface area contributed by atoms with Crippen LogP contribution in [0.25, 0.3) is 0 Å². The average molecular weight is 348 g/mol.